The molecule has 0 aliphatic carbocycles. The molecule has 0 unspecified atom stereocenters. The highest BCUT2D eigenvalue weighted by Gasteiger charge is 2.13. The molecule has 0 aliphatic heterocycles. The lowest BCUT2D eigenvalue weighted by Crippen LogP contribution is -2.28. The first-order valence-corrected chi connectivity index (χ1v) is 7.03. The minimum atomic E-state index is -0.962. The highest BCUT2D eigenvalue weighted by Crippen LogP contribution is 2.18. The van der Waals surface area contributed by atoms with Crippen molar-refractivity contribution in [1.29, 1.82) is 0 Å². The van der Waals surface area contributed by atoms with E-state index in [4.69, 9.17) is 0 Å². The third-order valence-electron chi connectivity index (χ3n) is 2.76. The molecule has 1 heterocycles. The van der Waals surface area contributed by atoms with Gasteiger partial charge in [0.1, 0.15) is 0 Å². The average molecular weight is 293 g/mol. The number of benzene rings is 1. The molecule has 0 N–H and O–H groups in total. The van der Waals surface area contributed by atoms with Gasteiger partial charge in [0.2, 0.25) is 0 Å². The Morgan fingerprint density at radius 2 is 2.10 bits per heavy atom. The average Bonchev–Trinajstić information content (AvgIpc) is 2.94. The number of hydrogen-bond donors (Lipinski definition) is 0. The maximum absolute atomic E-state index is 13.2. The van der Waals surface area contributed by atoms with E-state index in [9.17, 15) is 13.6 Å². The molecule has 104 valence electrons. The van der Waals surface area contributed by atoms with E-state index in [0.29, 0.717) is 12.2 Å². The van der Waals surface area contributed by atoms with Crippen LogP contribution in [0.3, 0.4) is 0 Å². The third-order valence-corrected chi connectivity index (χ3v) is 3.46. The fourth-order valence-electron chi connectivity index (χ4n) is 1.75. The van der Waals surface area contributed by atoms with E-state index in [-0.39, 0.29) is 5.91 Å². The first kappa shape index (κ1) is 14.4. The van der Waals surface area contributed by atoms with Crippen LogP contribution in [0.5, 0.6) is 0 Å². The number of anilines is 1. The summed E-state index contributed by atoms with van der Waals surface area (Å²) in [6, 6.07) is 5.32. The molecule has 1 amide bonds. The van der Waals surface area contributed by atoms with Gasteiger partial charge in [-0.2, -0.15) is 11.3 Å². The van der Waals surface area contributed by atoms with Gasteiger partial charge in [-0.1, -0.05) is 0 Å². The topological polar surface area (TPSA) is 20.3 Å². The van der Waals surface area contributed by atoms with Crippen LogP contribution in [0.2, 0.25) is 0 Å². The Balaban J connectivity index is 2.18. The van der Waals surface area contributed by atoms with Crippen molar-refractivity contribution >= 4 is 29.0 Å². The van der Waals surface area contributed by atoms with Crippen LogP contribution in [-0.4, -0.2) is 12.5 Å². The Morgan fingerprint density at radius 3 is 2.70 bits per heavy atom. The molecule has 0 aliphatic rings. The quantitative estimate of drug-likeness (QED) is 0.777. The molecule has 0 fully saturated rings. The largest absolute Gasteiger partial charge is 0.309 e. The van der Waals surface area contributed by atoms with Crippen LogP contribution >= 0.6 is 11.3 Å². The van der Waals surface area contributed by atoms with E-state index in [2.05, 4.69) is 0 Å². The fraction of sp³-hybridized carbons (Fsp3) is 0.133. The minimum Gasteiger partial charge on any atom is -0.309 e. The molecule has 20 heavy (non-hydrogen) atoms. The van der Waals surface area contributed by atoms with Gasteiger partial charge < -0.3 is 4.90 Å². The van der Waals surface area contributed by atoms with E-state index in [0.717, 1.165) is 17.7 Å². The van der Waals surface area contributed by atoms with Gasteiger partial charge in [0.25, 0.3) is 5.91 Å². The predicted octanol–water partition coefficient (Wildman–Crippen LogP) is 4.09. The minimum absolute atomic E-state index is 0.273. The Labute approximate surface area is 120 Å². The molecular weight excluding hydrogens is 280 g/mol. The number of likely N-dealkylation sites (N-methyl/N-ethyl adjacent to an activating group) is 1. The second-order valence-corrected chi connectivity index (χ2v) is 4.85. The molecule has 5 heteroatoms. The SMILES string of the molecule is CCN(C(=O)/C=C/c1ccsc1)c1ccc(F)c(F)c1. The van der Waals surface area contributed by atoms with Crippen molar-refractivity contribution in [3.05, 3.63) is 58.3 Å². The van der Waals surface area contributed by atoms with Crippen LogP contribution in [0, 0.1) is 11.6 Å². The fourth-order valence-corrected chi connectivity index (χ4v) is 2.37. The molecule has 0 spiro atoms. The summed E-state index contributed by atoms with van der Waals surface area (Å²) in [6.45, 7) is 2.15. The third kappa shape index (κ3) is 3.30. The Kier molecular flexibility index (Phi) is 4.63. The number of carbonyl (C=O) groups is 1. The summed E-state index contributed by atoms with van der Waals surface area (Å²) in [7, 11) is 0. The van der Waals surface area contributed by atoms with Crippen LogP contribution in [0.4, 0.5) is 14.5 Å². The van der Waals surface area contributed by atoms with Crippen LogP contribution in [0.25, 0.3) is 6.08 Å². The van der Waals surface area contributed by atoms with E-state index in [1.54, 1.807) is 13.0 Å². The second kappa shape index (κ2) is 6.43. The van der Waals surface area contributed by atoms with Crippen molar-refractivity contribution in [2.24, 2.45) is 0 Å². The zero-order chi connectivity index (χ0) is 14.5. The van der Waals surface area contributed by atoms with Gasteiger partial charge in [0, 0.05) is 24.4 Å². The zero-order valence-electron chi connectivity index (χ0n) is 10.8. The normalized spacial score (nSPS) is 10.9. The monoisotopic (exact) mass is 293 g/mol. The molecule has 2 rings (SSSR count). The first-order valence-electron chi connectivity index (χ1n) is 6.08. The first-order chi connectivity index (χ1) is 9.61. The van der Waals surface area contributed by atoms with Gasteiger partial charge in [0.15, 0.2) is 11.6 Å². The van der Waals surface area contributed by atoms with Gasteiger partial charge in [-0.3, -0.25) is 4.79 Å². The molecule has 1 aromatic heterocycles. The van der Waals surface area contributed by atoms with Crippen molar-refractivity contribution in [2.75, 3.05) is 11.4 Å². The Morgan fingerprint density at radius 1 is 1.30 bits per heavy atom. The molecule has 0 radical (unpaired) electrons. The number of rotatable bonds is 4. The predicted molar refractivity (Wildman–Crippen MR) is 77.7 cm³/mol. The van der Waals surface area contributed by atoms with Gasteiger partial charge in [-0.05, 0) is 47.5 Å². The zero-order valence-corrected chi connectivity index (χ0v) is 11.7. The summed E-state index contributed by atoms with van der Waals surface area (Å²) in [6.07, 6.45) is 3.12. The van der Waals surface area contributed by atoms with Crippen LogP contribution in [0.15, 0.2) is 41.1 Å². The van der Waals surface area contributed by atoms with E-state index in [1.807, 2.05) is 16.8 Å². The van der Waals surface area contributed by atoms with Crippen molar-refractivity contribution in [1.82, 2.24) is 0 Å². The van der Waals surface area contributed by atoms with Gasteiger partial charge in [-0.25, -0.2) is 8.78 Å². The van der Waals surface area contributed by atoms with Crippen molar-refractivity contribution in [3.8, 4) is 0 Å². The summed E-state index contributed by atoms with van der Waals surface area (Å²) in [5.74, 6) is -2.16. The molecule has 2 aromatic rings. The molecule has 0 saturated carbocycles. The molecular formula is C15H13F2NOS. The van der Waals surface area contributed by atoms with Crippen molar-refractivity contribution in [2.45, 2.75) is 6.92 Å². The number of thiophene rings is 1. The van der Waals surface area contributed by atoms with Gasteiger partial charge in [0.05, 0.1) is 0 Å². The molecule has 0 atom stereocenters. The smallest absolute Gasteiger partial charge is 0.250 e. The number of hydrogen-bond acceptors (Lipinski definition) is 2. The van der Waals surface area contributed by atoms with Crippen LogP contribution in [-0.2, 0) is 4.79 Å². The van der Waals surface area contributed by atoms with E-state index in [1.165, 1.54) is 28.4 Å². The Hall–Kier alpha value is -2.01. The molecule has 0 bridgehead atoms. The lowest BCUT2D eigenvalue weighted by Gasteiger charge is -2.19. The Bertz CT molecular complexity index is 623. The number of amides is 1. The van der Waals surface area contributed by atoms with E-state index >= 15 is 0 Å². The summed E-state index contributed by atoms with van der Waals surface area (Å²) in [4.78, 5) is 13.5. The van der Waals surface area contributed by atoms with Crippen LogP contribution < -0.4 is 4.90 Å². The molecule has 0 saturated heterocycles. The molecule has 2 nitrogen and oxygen atoms in total. The standard InChI is InChI=1S/C15H13F2NOS/c1-2-18(12-4-5-13(16)14(17)9-12)15(19)6-3-11-7-8-20-10-11/h3-10H,2H2,1H3/b6-3+. The molecule has 1 aromatic carbocycles. The maximum Gasteiger partial charge on any atom is 0.250 e. The lowest BCUT2D eigenvalue weighted by molar-refractivity contribution is -0.114. The highest BCUT2D eigenvalue weighted by molar-refractivity contribution is 7.08. The lowest BCUT2D eigenvalue weighted by atomic mass is 10.2. The van der Waals surface area contributed by atoms with Crippen molar-refractivity contribution in [3.63, 3.8) is 0 Å². The van der Waals surface area contributed by atoms with Gasteiger partial charge >= 0.3 is 0 Å². The second-order valence-electron chi connectivity index (χ2n) is 4.07. The summed E-state index contributed by atoms with van der Waals surface area (Å²) < 4.78 is 26.1. The van der Waals surface area contributed by atoms with Crippen LogP contribution in [0.1, 0.15) is 12.5 Å². The summed E-state index contributed by atoms with van der Waals surface area (Å²) >= 11 is 1.54. The maximum atomic E-state index is 13.2. The number of carbonyl (C=O) groups excluding carboxylic acids is 1. The highest BCUT2D eigenvalue weighted by atomic mass is 32.1. The van der Waals surface area contributed by atoms with Crippen molar-refractivity contribution < 1.29 is 13.6 Å². The van der Waals surface area contributed by atoms with Gasteiger partial charge in [-0.15, -0.1) is 0 Å². The van der Waals surface area contributed by atoms with E-state index < -0.39 is 11.6 Å². The number of halogens is 2. The number of nitrogens with zero attached hydrogens (tertiary/aromatic N) is 1. The summed E-state index contributed by atoms with van der Waals surface area (Å²) in [5.41, 5.74) is 1.27. The summed E-state index contributed by atoms with van der Waals surface area (Å²) in [5, 5.41) is 3.83.